The number of rotatable bonds is 3. The van der Waals surface area contributed by atoms with Crippen LogP contribution in [0.25, 0.3) is 0 Å². The van der Waals surface area contributed by atoms with E-state index in [4.69, 9.17) is 9.52 Å². The molecule has 0 radical (unpaired) electrons. The van der Waals surface area contributed by atoms with E-state index < -0.39 is 12.0 Å². The molecule has 0 bridgehead atoms. The van der Waals surface area contributed by atoms with E-state index in [1.54, 1.807) is 6.92 Å². The molecule has 2 rings (SSSR count). The number of piperidine rings is 1. The molecule has 1 aliphatic rings. The van der Waals surface area contributed by atoms with Crippen LogP contribution in [-0.2, 0) is 16.0 Å². The molecule has 0 spiro atoms. The molecule has 1 aliphatic heterocycles. The number of amides is 1. The molecule has 1 aromatic rings. The zero-order valence-corrected chi connectivity index (χ0v) is 11.2. The first-order valence-corrected chi connectivity index (χ1v) is 6.44. The molecule has 1 atom stereocenters. The first-order valence-electron chi connectivity index (χ1n) is 6.44. The topological polar surface area (TPSA) is 83.6 Å². The Kier molecular flexibility index (Phi) is 3.87. The molecule has 0 aliphatic carbocycles. The molecule has 1 fully saturated rings. The van der Waals surface area contributed by atoms with E-state index in [2.05, 4.69) is 4.98 Å². The Morgan fingerprint density at radius 3 is 2.74 bits per heavy atom. The number of oxazole rings is 1. The van der Waals surface area contributed by atoms with Gasteiger partial charge in [-0.1, -0.05) is 0 Å². The summed E-state index contributed by atoms with van der Waals surface area (Å²) in [4.78, 5) is 28.9. The number of aryl methyl sites for hydroxylation is 2. The first kappa shape index (κ1) is 13.6. The van der Waals surface area contributed by atoms with Crippen LogP contribution in [0, 0.1) is 13.8 Å². The average Bonchev–Trinajstić information content (AvgIpc) is 2.68. The van der Waals surface area contributed by atoms with Gasteiger partial charge in [0, 0.05) is 6.54 Å². The van der Waals surface area contributed by atoms with Crippen LogP contribution in [0.5, 0.6) is 0 Å². The quantitative estimate of drug-likeness (QED) is 0.891. The molecule has 1 unspecified atom stereocenters. The Morgan fingerprint density at radius 1 is 1.42 bits per heavy atom. The van der Waals surface area contributed by atoms with E-state index in [0.717, 1.165) is 18.5 Å². The number of carbonyl (C=O) groups excluding carboxylic acids is 1. The Hall–Kier alpha value is -1.85. The summed E-state index contributed by atoms with van der Waals surface area (Å²) in [6.07, 6.45) is 2.24. The fourth-order valence-electron chi connectivity index (χ4n) is 2.33. The van der Waals surface area contributed by atoms with E-state index in [9.17, 15) is 9.59 Å². The maximum Gasteiger partial charge on any atom is 0.326 e. The van der Waals surface area contributed by atoms with Crippen molar-refractivity contribution in [3.63, 3.8) is 0 Å². The maximum absolute atomic E-state index is 12.2. The summed E-state index contributed by atoms with van der Waals surface area (Å²) >= 11 is 0. The molecule has 6 heteroatoms. The zero-order chi connectivity index (χ0) is 14.0. The minimum absolute atomic E-state index is 0.0262. The standard InChI is InChI=1S/C13H18N2O4/c1-8-9(2)19-11(14-8)7-12(16)15-6-4-3-5-10(15)13(17)18/h10H,3-7H2,1-2H3,(H,17,18). The second-order valence-electron chi connectivity index (χ2n) is 4.86. The van der Waals surface area contributed by atoms with Gasteiger partial charge in [-0.3, -0.25) is 4.79 Å². The Morgan fingerprint density at radius 2 is 2.16 bits per heavy atom. The smallest absolute Gasteiger partial charge is 0.326 e. The van der Waals surface area contributed by atoms with E-state index in [1.165, 1.54) is 4.90 Å². The number of hydrogen-bond donors (Lipinski definition) is 1. The predicted molar refractivity (Wildman–Crippen MR) is 66.7 cm³/mol. The van der Waals surface area contributed by atoms with E-state index in [-0.39, 0.29) is 12.3 Å². The van der Waals surface area contributed by atoms with Gasteiger partial charge < -0.3 is 14.4 Å². The van der Waals surface area contributed by atoms with Crippen LogP contribution in [0.3, 0.4) is 0 Å². The van der Waals surface area contributed by atoms with Crippen LogP contribution >= 0.6 is 0 Å². The fraction of sp³-hybridized carbons (Fsp3) is 0.615. The summed E-state index contributed by atoms with van der Waals surface area (Å²) in [7, 11) is 0. The summed E-state index contributed by atoms with van der Waals surface area (Å²) in [6, 6.07) is -0.710. The number of aliphatic carboxylic acids is 1. The van der Waals surface area contributed by atoms with Gasteiger partial charge in [0.25, 0.3) is 0 Å². The van der Waals surface area contributed by atoms with Crippen molar-refractivity contribution in [3.05, 3.63) is 17.3 Å². The summed E-state index contributed by atoms with van der Waals surface area (Å²) < 4.78 is 5.37. The molecule has 19 heavy (non-hydrogen) atoms. The Bertz CT molecular complexity index is 475. The summed E-state index contributed by atoms with van der Waals surface area (Å²) in [5.74, 6) is -0.118. The lowest BCUT2D eigenvalue weighted by Crippen LogP contribution is -2.48. The van der Waals surface area contributed by atoms with Crippen molar-refractivity contribution in [1.82, 2.24) is 9.88 Å². The SMILES string of the molecule is Cc1nc(CC(=O)N2CCCCC2C(=O)O)oc1C. The van der Waals surface area contributed by atoms with Crippen molar-refractivity contribution < 1.29 is 19.1 Å². The number of likely N-dealkylation sites (tertiary alicyclic amines) is 1. The van der Waals surface area contributed by atoms with Gasteiger partial charge in [0.15, 0.2) is 0 Å². The van der Waals surface area contributed by atoms with Gasteiger partial charge in [-0.2, -0.15) is 0 Å². The summed E-state index contributed by atoms with van der Waals surface area (Å²) in [6.45, 7) is 4.10. The number of carboxylic acid groups (broad SMARTS) is 1. The monoisotopic (exact) mass is 266 g/mol. The molecule has 0 saturated carbocycles. The van der Waals surface area contributed by atoms with Crippen LogP contribution < -0.4 is 0 Å². The third-order valence-corrected chi connectivity index (χ3v) is 3.48. The maximum atomic E-state index is 12.2. The van der Waals surface area contributed by atoms with Crippen LogP contribution in [0.1, 0.15) is 36.6 Å². The third-order valence-electron chi connectivity index (χ3n) is 3.48. The highest BCUT2D eigenvalue weighted by molar-refractivity contribution is 5.84. The second kappa shape index (κ2) is 5.42. The molecule has 1 aromatic heterocycles. The minimum atomic E-state index is -0.937. The van der Waals surface area contributed by atoms with Gasteiger partial charge >= 0.3 is 5.97 Å². The highest BCUT2D eigenvalue weighted by Gasteiger charge is 2.32. The lowest BCUT2D eigenvalue weighted by molar-refractivity contribution is -0.151. The van der Waals surface area contributed by atoms with Gasteiger partial charge in [0.2, 0.25) is 11.8 Å². The average molecular weight is 266 g/mol. The van der Waals surface area contributed by atoms with Crippen molar-refractivity contribution in [2.24, 2.45) is 0 Å². The molecule has 104 valence electrons. The second-order valence-corrected chi connectivity index (χ2v) is 4.86. The number of carbonyl (C=O) groups is 2. The van der Waals surface area contributed by atoms with Crippen molar-refractivity contribution in [2.75, 3.05) is 6.54 Å². The molecular weight excluding hydrogens is 248 g/mol. The molecule has 0 aromatic carbocycles. The number of aromatic nitrogens is 1. The van der Waals surface area contributed by atoms with E-state index >= 15 is 0 Å². The van der Waals surface area contributed by atoms with Gasteiger partial charge in [0.05, 0.1) is 5.69 Å². The first-order chi connectivity index (χ1) is 8.99. The number of carboxylic acids is 1. The van der Waals surface area contributed by atoms with Crippen molar-refractivity contribution in [1.29, 1.82) is 0 Å². The highest BCUT2D eigenvalue weighted by atomic mass is 16.4. The molecule has 1 amide bonds. The Labute approximate surface area is 111 Å². The van der Waals surface area contributed by atoms with Crippen molar-refractivity contribution >= 4 is 11.9 Å². The van der Waals surface area contributed by atoms with Gasteiger partial charge in [-0.25, -0.2) is 9.78 Å². The third kappa shape index (κ3) is 2.94. The largest absolute Gasteiger partial charge is 0.480 e. The van der Waals surface area contributed by atoms with Crippen LogP contribution in [0.15, 0.2) is 4.42 Å². The van der Waals surface area contributed by atoms with E-state index in [1.807, 2.05) is 6.92 Å². The zero-order valence-electron chi connectivity index (χ0n) is 11.2. The summed E-state index contributed by atoms with van der Waals surface area (Å²) in [5, 5.41) is 9.14. The summed E-state index contributed by atoms with van der Waals surface area (Å²) in [5.41, 5.74) is 0.760. The molecule has 1 saturated heterocycles. The van der Waals surface area contributed by atoms with Crippen LogP contribution in [0.4, 0.5) is 0 Å². The van der Waals surface area contributed by atoms with Crippen molar-refractivity contribution in [2.45, 2.75) is 45.6 Å². The minimum Gasteiger partial charge on any atom is -0.480 e. The lowest BCUT2D eigenvalue weighted by Gasteiger charge is -2.32. The number of nitrogens with zero attached hydrogens (tertiary/aromatic N) is 2. The molecule has 1 N–H and O–H groups in total. The van der Waals surface area contributed by atoms with Gasteiger partial charge in [-0.15, -0.1) is 0 Å². The Balaban J connectivity index is 2.07. The van der Waals surface area contributed by atoms with E-state index in [0.29, 0.717) is 24.6 Å². The molecular formula is C13H18N2O4. The normalized spacial score (nSPS) is 19.5. The fourth-order valence-corrected chi connectivity index (χ4v) is 2.33. The van der Waals surface area contributed by atoms with Gasteiger partial charge in [-0.05, 0) is 33.1 Å². The lowest BCUT2D eigenvalue weighted by atomic mass is 10.0. The highest BCUT2D eigenvalue weighted by Crippen LogP contribution is 2.19. The van der Waals surface area contributed by atoms with Crippen molar-refractivity contribution in [3.8, 4) is 0 Å². The molecule has 2 heterocycles. The van der Waals surface area contributed by atoms with Gasteiger partial charge in [0.1, 0.15) is 18.2 Å². The van der Waals surface area contributed by atoms with Crippen LogP contribution in [-0.4, -0.2) is 39.5 Å². The molecule has 6 nitrogen and oxygen atoms in total. The predicted octanol–water partition coefficient (Wildman–Crippen LogP) is 1.30. The van der Waals surface area contributed by atoms with Crippen LogP contribution in [0.2, 0.25) is 0 Å². The number of hydrogen-bond acceptors (Lipinski definition) is 4.